The van der Waals surface area contributed by atoms with E-state index in [-0.39, 0.29) is 6.04 Å². The van der Waals surface area contributed by atoms with Gasteiger partial charge in [-0.15, -0.1) is 0 Å². The fraction of sp³-hybridized carbons (Fsp3) is 0.750. The molecule has 0 saturated heterocycles. The predicted octanol–water partition coefficient (Wildman–Crippen LogP) is 0.268. The van der Waals surface area contributed by atoms with Crippen LogP contribution in [0, 0.1) is 0 Å². The van der Waals surface area contributed by atoms with Crippen molar-refractivity contribution in [2.24, 2.45) is 0 Å². The van der Waals surface area contributed by atoms with Gasteiger partial charge < -0.3 is 9.90 Å². The highest BCUT2D eigenvalue weighted by molar-refractivity contribution is 6.72. The lowest BCUT2D eigenvalue weighted by molar-refractivity contribution is -0.134. The van der Waals surface area contributed by atoms with Crippen LogP contribution in [0.5, 0.6) is 0 Å². The molecule has 0 atom stereocenters. The van der Waals surface area contributed by atoms with Crippen LogP contribution in [0.1, 0.15) is 0 Å². The maximum Gasteiger partial charge on any atom is 0.302 e. The average molecular weight is 134 g/mol. The molecule has 0 aliphatic rings. The predicted molar refractivity (Wildman–Crippen MR) is 32.1 cm³/mol. The van der Waals surface area contributed by atoms with E-state index in [0.29, 0.717) is 0 Å². The SMILES string of the molecule is C[Si](C)(O)CC(=O)O. The fourth-order valence-electron chi connectivity index (χ4n) is 0.370. The van der Waals surface area contributed by atoms with E-state index in [2.05, 4.69) is 0 Å². The van der Waals surface area contributed by atoms with Crippen molar-refractivity contribution in [3.05, 3.63) is 0 Å². The average Bonchev–Trinajstić information content (AvgIpc) is 1.21. The Balaban J connectivity index is 3.55. The standard InChI is InChI=1S/C4H10O3Si/c1-8(2,7)3-4(5)6/h7H,3H2,1-2H3,(H,5,6). The molecular weight excluding hydrogens is 124 g/mol. The summed E-state index contributed by atoms with van der Waals surface area (Å²) < 4.78 is 0. The molecule has 0 fully saturated rings. The minimum Gasteiger partial charge on any atom is -0.481 e. The number of hydrogen-bond donors (Lipinski definition) is 2. The summed E-state index contributed by atoms with van der Waals surface area (Å²) in [6, 6.07) is -0.0625. The molecule has 0 heterocycles. The number of carboxylic acids is 1. The summed E-state index contributed by atoms with van der Waals surface area (Å²) in [5, 5.41) is 8.12. The highest BCUT2D eigenvalue weighted by Crippen LogP contribution is 2.02. The molecule has 0 aromatic heterocycles. The van der Waals surface area contributed by atoms with Crippen molar-refractivity contribution in [3.63, 3.8) is 0 Å². The van der Waals surface area contributed by atoms with Gasteiger partial charge in [0.2, 0.25) is 0 Å². The Labute approximate surface area is 49.1 Å². The third-order valence-electron chi connectivity index (χ3n) is 0.584. The molecular formula is C4H10O3Si. The van der Waals surface area contributed by atoms with E-state index in [9.17, 15) is 4.79 Å². The number of carbonyl (C=O) groups is 1. The molecule has 0 bridgehead atoms. The van der Waals surface area contributed by atoms with Crippen LogP contribution < -0.4 is 0 Å². The normalized spacial score (nSPS) is 11.4. The van der Waals surface area contributed by atoms with Gasteiger partial charge in [-0.25, -0.2) is 0 Å². The summed E-state index contributed by atoms with van der Waals surface area (Å²) in [4.78, 5) is 18.8. The molecule has 0 aliphatic carbocycles. The summed E-state index contributed by atoms with van der Waals surface area (Å²) in [6.45, 7) is 3.20. The van der Waals surface area contributed by atoms with E-state index < -0.39 is 14.3 Å². The number of carboxylic acid groups (broad SMARTS) is 1. The van der Waals surface area contributed by atoms with Crippen LogP contribution in [0.25, 0.3) is 0 Å². The van der Waals surface area contributed by atoms with Crippen LogP contribution in [-0.2, 0) is 4.79 Å². The molecule has 0 aromatic rings. The van der Waals surface area contributed by atoms with Crippen LogP contribution in [0.15, 0.2) is 0 Å². The topological polar surface area (TPSA) is 57.5 Å². The summed E-state index contributed by atoms with van der Waals surface area (Å²) in [5.74, 6) is -0.913. The molecule has 0 rings (SSSR count). The maximum atomic E-state index is 9.89. The van der Waals surface area contributed by atoms with Crippen LogP contribution in [0.2, 0.25) is 19.1 Å². The molecule has 0 radical (unpaired) electrons. The molecule has 0 saturated carbocycles. The second-order valence-corrected chi connectivity index (χ2v) is 6.36. The minimum absolute atomic E-state index is 0.0625. The zero-order valence-corrected chi connectivity index (χ0v) is 6.01. The molecule has 0 spiro atoms. The summed E-state index contributed by atoms with van der Waals surface area (Å²) >= 11 is 0. The quantitative estimate of drug-likeness (QED) is 0.533. The van der Waals surface area contributed by atoms with E-state index in [1.54, 1.807) is 13.1 Å². The highest BCUT2D eigenvalue weighted by atomic mass is 28.4. The minimum atomic E-state index is -2.32. The lowest BCUT2D eigenvalue weighted by atomic mass is 10.8. The Morgan fingerprint density at radius 2 is 2.00 bits per heavy atom. The summed E-state index contributed by atoms with van der Waals surface area (Å²) in [7, 11) is -2.32. The van der Waals surface area contributed by atoms with E-state index in [4.69, 9.17) is 9.90 Å². The zero-order chi connectivity index (χ0) is 6.78. The lowest BCUT2D eigenvalue weighted by Crippen LogP contribution is -2.27. The first-order valence-electron chi connectivity index (χ1n) is 2.36. The summed E-state index contributed by atoms with van der Waals surface area (Å²) in [5.41, 5.74) is 0. The first-order valence-corrected chi connectivity index (χ1v) is 5.51. The molecule has 0 aromatic carbocycles. The van der Waals surface area contributed by atoms with Gasteiger partial charge in [-0.2, -0.15) is 0 Å². The van der Waals surface area contributed by atoms with Crippen molar-refractivity contribution >= 4 is 14.3 Å². The van der Waals surface area contributed by atoms with Gasteiger partial charge in [0, 0.05) is 0 Å². The summed E-state index contributed by atoms with van der Waals surface area (Å²) in [6.07, 6.45) is 0. The molecule has 8 heavy (non-hydrogen) atoms. The van der Waals surface area contributed by atoms with Gasteiger partial charge >= 0.3 is 5.97 Å². The molecule has 0 aliphatic heterocycles. The maximum absolute atomic E-state index is 9.89. The van der Waals surface area contributed by atoms with Crippen molar-refractivity contribution < 1.29 is 14.7 Å². The monoisotopic (exact) mass is 134 g/mol. The molecule has 3 nitrogen and oxygen atoms in total. The number of rotatable bonds is 2. The van der Waals surface area contributed by atoms with Gasteiger partial charge in [-0.3, -0.25) is 4.79 Å². The molecule has 2 N–H and O–H groups in total. The van der Waals surface area contributed by atoms with Gasteiger partial charge in [-0.1, -0.05) is 0 Å². The van der Waals surface area contributed by atoms with E-state index in [1.165, 1.54) is 0 Å². The molecule has 48 valence electrons. The smallest absolute Gasteiger partial charge is 0.302 e. The van der Waals surface area contributed by atoms with Crippen LogP contribution in [0.3, 0.4) is 0 Å². The van der Waals surface area contributed by atoms with Gasteiger partial charge in [0.1, 0.15) is 0 Å². The molecule has 0 unspecified atom stereocenters. The van der Waals surface area contributed by atoms with Crippen molar-refractivity contribution in [3.8, 4) is 0 Å². The van der Waals surface area contributed by atoms with E-state index in [0.717, 1.165) is 0 Å². The van der Waals surface area contributed by atoms with Crippen LogP contribution in [0.4, 0.5) is 0 Å². The van der Waals surface area contributed by atoms with Crippen molar-refractivity contribution in [1.82, 2.24) is 0 Å². The highest BCUT2D eigenvalue weighted by Gasteiger charge is 2.20. The first kappa shape index (κ1) is 7.65. The van der Waals surface area contributed by atoms with E-state index in [1.807, 2.05) is 0 Å². The Morgan fingerprint density at radius 3 is 2.00 bits per heavy atom. The fourth-order valence-corrected chi connectivity index (χ4v) is 1.11. The first-order chi connectivity index (χ1) is 3.42. The van der Waals surface area contributed by atoms with Gasteiger partial charge in [-0.05, 0) is 13.1 Å². The molecule has 4 heteroatoms. The van der Waals surface area contributed by atoms with Crippen molar-refractivity contribution in [2.45, 2.75) is 19.1 Å². The molecule has 0 amide bonds. The second-order valence-electron chi connectivity index (χ2n) is 2.38. The van der Waals surface area contributed by atoms with Gasteiger partial charge in [0.05, 0.1) is 6.04 Å². The second kappa shape index (κ2) is 2.28. The Bertz CT molecular complexity index is 93.9. The van der Waals surface area contributed by atoms with Crippen molar-refractivity contribution in [1.29, 1.82) is 0 Å². The van der Waals surface area contributed by atoms with Crippen LogP contribution in [-0.4, -0.2) is 24.2 Å². The zero-order valence-electron chi connectivity index (χ0n) is 5.01. The number of hydrogen-bond acceptors (Lipinski definition) is 2. The van der Waals surface area contributed by atoms with E-state index >= 15 is 0 Å². The Morgan fingerprint density at radius 1 is 1.62 bits per heavy atom. The van der Waals surface area contributed by atoms with Crippen molar-refractivity contribution in [2.75, 3.05) is 0 Å². The largest absolute Gasteiger partial charge is 0.481 e. The third kappa shape index (κ3) is 5.65. The Kier molecular flexibility index (Phi) is 2.18. The van der Waals surface area contributed by atoms with Crippen LogP contribution >= 0.6 is 0 Å². The van der Waals surface area contributed by atoms with Gasteiger partial charge in [0.25, 0.3) is 0 Å². The number of aliphatic carboxylic acids is 1. The van der Waals surface area contributed by atoms with Gasteiger partial charge in [0.15, 0.2) is 8.32 Å². The third-order valence-corrected chi connectivity index (χ3v) is 1.75. The Hall–Kier alpha value is -0.353. The lowest BCUT2D eigenvalue weighted by Gasteiger charge is -2.08.